The number of rotatable bonds is 5. The molecule has 25 heavy (non-hydrogen) atoms. The van der Waals surface area contributed by atoms with Crippen molar-refractivity contribution in [3.8, 4) is 11.4 Å². The molecule has 0 aromatic carbocycles. The van der Waals surface area contributed by atoms with Gasteiger partial charge < -0.3 is 0 Å². The van der Waals surface area contributed by atoms with Crippen LogP contribution in [-0.4, -0.2) is 29.7 Å². The summed E-state index contributed by atoms with van der Waals surface area (Å²) in [7, 11) is 0. The summed E-state index contributed by atoms with van der Waals surface area (Å²) < 4.78 is 40.1. The predicted molar refractivity (Wildman–Crippen MR) is 84.6 cm³/mol. The molecular weight excluding hydrogens is 353 g/mol. The molecule has 0 bridgehead atoms. The molecule has 6 nitrogen and oxygen atoms in total. The maximum atomic E-state index is 12.8. The molecule has 0 unspecified atom stereocenters. The van der Waals surface area contributed by atoms with Gasteiger partial charge >= 0.3 is 6.18 Å². The number of nitrogens with zero attached hydrogens (tertiary/aromatic N) is 6. The molecule has 0 amide bonds. The maximum absolute atomic E-state index is 12.8. The third kappa shape index (κ3) is 3.85. The lowest BCUT2D eigenvalue weighted by molar-refractivity contribution is -0.141. The van der Waals surface area contributed by atoms with E-state index in [1.165, 1.54) is 0 Å². The summed E-state index contributed by atoms with van der Waals surface area (Å²) in [6, 6.07) is 4.35. The minimum Gasteiger partial charge on any atom is -0.298 e. The number of hydrogen-bond acceptors (Lipinski definition) is 6. The Morgan fingerprint density at radius 1 is 1.12 bits per heavy atom. The SMILES string of the molecule is C=CCn1c(Sc2nccc(C(F)(F)F)n2)nnc1-c1ccncc1. The van der Waals surface area contributed by atoms with Gasteiger partial charge in [0.2, 0.25) is 0 Å². The van der Waals surface area contributed by atoms with Crippen LogP contribution >= 0.6 is 11.8 Å². The highest BCUT2D eigenvalue weighted by Crippen LogP contribution is 2.31. The Hall–Kier alpha value is -2.75. The van der Waals surface area contributed by atoms with Gasteiger partial charge in [0.05, 0.1) is 0 Å². The molecule has 0 radical (unpaired) electrons. The lowest BCUT2D eigenvalue weighted by Crippen LogP contribution is -2.09. The molecule has 0 fully saturated rings. The van der Waals surface area contributed by atoms with E-state index < -0.39 is 11.9 Å². The zero-order valence-electron chi connectivity index (χ0n) is 12.7. The van der Waals surface area contributed by atoms with Gasteiger partial charge in [-0.15, -0.1) is 16.8 Å². The summed E-state index contributed by atoms with van der Waals surface area (Å²) in [5.74, 6) is 0.553. The third-order valence-corrected chi connectivity index (χ3v) is 3.94. The van der Waals surface area contributed by atoms with E-state index in [0.29, 0.717) is 17.5 Å². The first-order valence-corrected chi connectivity index (χ1v) is 7.83. The van der Waals surface area contributed by atoms with Gasteiger partial charge in [0.25, 0.3) is 0 Å². The molecular formula is C15H11F3N6S. The van der Waals surface area contributed by atoms with Crippen LogP contribution in [0.3, 0.4) is 0 Å². The number of hydrogen-bond donors (Lipinski definition) is 0. The molecule has 0 aliphatic heterocycles. The number of halogens is 3. The quantitative estimate of drug-likeness (QED) is 0.510. The Kier molecular flexibility index (Phi) is 4.79. The van der Waals surface area contributed by atoms with Crippen molar-refractivity contribution in [2.45, 2.75) is 23.0 Å². The monoisotopic (exact) mass is 364 g/mol. The molecule has 0 saturated heterocycles. The van der Waals surface area contributed by atoms with Gasteiger partial charge in [-0.05, 0) is 30.0 Å². The maximum Gasteiger partial charge on any atom is 0.433 e. The van der Waals surface area contributed by atoms with E-state index in [0.717, 1.165) is 29.6 Å². The van der Waals surface area contributed by atoms with Crippen molar-refractivity contribution >= 4 is 11.8 Å². The molecule has 0 atom stereocenters. The van der Waals surface area contributed by atoms with Crippen LogP contribution in [-0.2, 0) is 12.7 Å². The van der Waals surface area contributed by atoms with Crippen LogP contribution in [0.5, 0.6) is 0 Å². The number of aromatic nitrogens is 6. The second-order valence-corrected chi connectivity index (χ2v) is 5.70. The number of pyridine rings is 1. The highest BCUT2D eigenvalue weighted by molar-refractivity contribution is 7.99. The highest BCUT2D eigenvalue weighted by atomic mass is 32.2. The van der Waals surface area contributed by atoms with Crippen molar-refractivity contribution in [3.63, 3.8) is 0 Å². The van der Waals surface area contributed by atoms with Gasteiger partial charge in [-0.1, -0.05) is 6.08 Å². The van der Waals surface area contributed by atoms with E-state index in [-0.39, 0.29) is 5.16 Å². The molecule has 3 aromatic heterocycles. The Morgan fingerprint density at radius 2 is 1.88 bits per heavy atom. The molecule has 128 valence electrons. The van der Waals surface area contributed by atoms with Crippen LogP contribution < -0.4 is 0 Å². The predicted octanol–water partition coefficient (Wildman–Crippen LogP) is 3.49. The minimum atomic E-state index is -4.53. The molecule has 0 N–H and O–H groups in total. The van der Waals surface area contributed by atoms with Crippen LogP contribution in [0.4, 0.5) is 13.2 Å². The molecule has 3 heterocycles. The van der Waals surface area contributed by atoms with Crippen LogP contribution in [0.15, 0.2) is 59.8 Å². The summed E-state index contributed by atoms with van der Waals surface area (Å²) in [4.78, 5) is 11.3. The first kappa shape index (κ1) is 17.1. The topological polar surface area (TPSA) is 69.4 Å². The Morgan fingerprint density at radius 3 is 2.56 bits per heavy atom. The standard InChI is InChI=1S/C15H11F3N6S/c1-2-9-24-12(10-3-6-19-7-4-10)22-23-14(24)25-13-20-8-5-11(21-13)15(16,17)18/h2-8H,1,9H2. The summed E-state index contributed by atoms with van der Waals surface area (Å²) in [5, 5.41) is 8.46. The summed E-state index contributed by atoms with van der Waals surface area (Å²) in [6.07, 6.45) is 1.41. The van der Waals surface area contributed by atoms with Gasteiger partial charge in [0.1, 0.15) is 5.69 Å². The lowest BCUT2D eigenvalue weighted by atomic mass is 10.2. The average Bonchev–Trinajstić information content (AvgIpc) is 2.98. The summed E-state index contributed by atoms with van der Waals surface area (Å²) in [6.45, 7) is 4.07. The molecule has 10 heteroatoms. The number of allylic oxidation sites excluding steroid dienone is 1. The van der Waals surface area contributed by atoms with Gasteiger partial charge in [-0.25, -0.2) is 9.97 Å². The second-order valence-electron chi connectivity index (χ2n) is 4.77. The van der Waals surface area contributed by atoms with Gasteiger partial charge in [-0.3, -0.25) is 9.55 Å². The van der Waals surface area contributed by atoms with Crippen molar-refractivity contribution in [2.75, 3.05) is 0 Å². The molecule has 0 aliphatic rings. The van der Waals surface area contributed by atoms with E-state index in [4.69, 9.17) is 0 Å². The van der Waals surface area contributed by atoms with Crippen molar-refractivity contribution in [2.24, 2.45) is 0 Å². The zero-order chi connectivity index (χ0) is 17.9. The Labute approximate surface area is 144 Å². The first-order chi connectivity index (χ1) is 12.0. The molecule has 0 aliphatic carbocycles. The largest absolute Gasteiger partial charge is 0.433 e. The molecule has 3 rings (SSSR count). The fourth-order valence-electron chi connectivity index (χ4n) is 2.00. The van der Waals surface area contributed by atoms with Gasteiger partial charge in [-0.2, -0.15) is 13.2 Å². The van der Waals surface area contributed by atoms with Crippen LogP contribution in [0.1, 0.15) is 5.69 Å². The van der Waals surface area contributed by atoms with Gasteiger partial charge in [0, 0.05) is 30.7 Å². The van der Waals surface area contributed by atoms with E-state index >= 15 is 0 Å². The smallest absolute Gasteiger partial charge is 0.298 e. The second kappa shape index (κ2) is 7.01. The molecule has 3 aromatic rings. The molecule has 0 saturated carbocycles. The highest BCUT2D eigenvalue weighted by Gasteiger charge is 2.33. The fourth-order valence-corrected chi connectivity index (χ4v) is 2.78. The fraction of sp³-hybridized carbons (Fsp3) is 0.133. The summed E-state index contributed by atoms with van der Waals surface area (Å²) in [5.41, 5.74) is -0.227. The van der Waals surface area contributed by atoms with E-state index in [9.17, 15) is 13.2 Å². The Bertz CT molecular complexity index is 878. The van der Waals surface area contributed by atoms with Crippen LogP contribution in [0.25, 0.3) is 11.4 Å². The van der Waals surface area contributed by atoms with E-state index in [1.807, 2.05) is 0 Å². The van der Waals surface area contributed by atoms with Crippen molar-refractivity contribution in [1.29, 1.82) is 0 Å². The van der Waals surface area contributed by atoms with E-state index in [2.05, 4.69) is 31.7 Å². The van der Waals surface area contributed by atoms with Crippen LogP contribution in [0, 0.1) is 0 Å². The van der Waals surface area contributed by atoms with Crippen LogP contribution in [0.2, 0.25) is 0 Å². The Balaban J connectivity index is 1.96. The molecule has 0 spiro atoms. The van der Waals surface area contributed by atoms with Crippen molar-refractivity contribution in [3.05, 3.63) is 55.1 Å². The van der Waals surface area contributed by atoms with Crippen molar-refractivity contribution in [1.82, 2.24) is 29.7 Å². The third-order valence-electron chi connectivity index (χ3n) is 3.07. The van der Waals surface area contributed by atoms with Crippen molar-refractivity contribution < 1.29 is 13.2 Å². The lowest BCUT2D eigenvalue weighted by Gasteiger charge is -2.08. The van der Waals surface area contributed by atoms with Gasteiger partial charge in [0.15, 0.2) is 16.1 Å². The zero-order valence-corrected chi connectivity index (χ0v) is 13.5. The number of alkyl halides is 3. The summed E-state index contributed by atoms with van der Waals surface area (Å²) >= 11 is 0.904. The average molecular weight is 364 g/mol. The first-order valence-electron chi connectivity index (χ1n) is 7.01. The van der Waals surface area contributed by atoms with E-state index in [1.54, 1.807) is 35.2 Å². The minimum absolute atomic E-state index is 0.0613. The normalized spacial score (nSPS) is 11.5.